The Balaban J connectivity index is 1.59. The fourth-order valence-electron chi connectivity index (χ4n) is 2.64. The normalized spacial score (nSPS) is 11.2. The van der Waals surface area contributed by atoms with Crippen LogP contribution in [0.15, 0.2) is 51.2 Å². The number of thiazole rings is 1. The van der Waals surface area contributed by atoms with Gasteiger partial charge in [0.1, 0.15) is 17.2 Å². The molecule has 4 N–H and O–H groups in total. The summed E-state index contributed by atoms with van der Waals surface area (Å²) in [5.41, 5.74) is 7.49. The van der Waals surface area contributed by atoms with Crippen molar-refractivity contribution in [2.45, 2.75) is 20.0 Å². The van der Waals surface area contributed by atoms with Gasteiger partial charge in [0, 0.05) is 38.5 Å². The monoisotopic (exact) mass is 470 g/mol. The van der Waals surface area contributed by atoms with Crippen LogP contribution in [0.5, 0.6) is 5.75 Å². The van der Waals surface area contributed by atoms with Crippen molar-refractivity contribution >= 4 is 34.2 Å². The van der Waals surface area contributed by atoms with E-state index in [1.807, 2.05) is 23.6 Å². The molecule has 0 aliphatic rings. The number of hydrogen-bond donors (Lipinski definition) is 3. The Bertz CT molecular complexity index is 1140. The molecule has 0 radical (unpaired) electrons. The smallest absolute Gasteiger partial charge is 0.259 e. The van der Waals surface area contributed by atoms with Gasteiger partial charge in [0.25, 0.3) is 5.91 Å². The number of ether oxygens (including phenoxy) is 1. The van der Waals surface area contributed by atoms with E-state index in [0.717, 1.165) is 5.56 Å². The number of aromatic nitrogens is 1. The number of para-hydroxylation sites is 1. The Kier molecular flexibility index (Phi) is 8.03. The highest BCUT2D eigenvalue weighted by atomic mass is 32.1. The predicted octanol–water partition coefficient (Wildman–Crippen LogP) is 2.24. The zero-order valence-corrected chi connectivity index (χ0v) is 19.4. The molecule has 0 atom stereocenters. The van der Waals surface area contributed by atoms with Gasteiger partial charge in [-0.1, -0.05) is 18.2 Å². The lowest BCUT2D eigenvalue weighted by molar-refractivity contribution is -0.130. The summed E-state index contributed by atoms with van der Waals surface area (Å²) in [7, 11) is 3.36. The van der Waals surface area contributed by atoms with Crippen LogP contribution in [0.2, 0.25) is 0 Å². The van der Waals surface area contributed by atoms with Crippen molar-refractivity contribution in [1.82, 2.24) is 20.5 Å². The molecule has 0 saturated heterocycles. The van der Waals surface area contributed by atoms with Crippen molar-refractivity contribution < 1.29 is 18.7 Å². The Labute approximate surface area is 195 Å². The molecule has 3 rings (SSSR count). The average molecular weight is 471 g/mol. The van der Waals surface area contributed by atoms with Gasteiger partial charge in [-0.3, -0.25) is 9.59 Å². The minimum absolute atomic E-state index is 0.0468. The highest BCUT2D eigenvalue weighted by molar-refractivity contribution is 7.13. The predicted molar refractivity (Wildman–Crippen MR) is 126 cm³/mol. The maximum absolute atomic E-state index is 11.8. The number of benzene rings is 1. The molecule has 2 heterocycles. The molecule has 2 aromatic heterocycles. The third kappa shape index (κ3) is 7.07. The van der Waals surface area contributed by atoms with E-state index in [2.05, 4.69) is 20.6 Å². The van der Waals surface area contributed by atoms with E-state index in [-0.39, 0.29) is 24.4 Å². The molecular formula is C22H26N6O4S. The van der Waals surface area contributed by atoms with Gasteiger partial charge in [-0.05, 0) is 18.2 Å². The highest BCUT2D eigenvalue weighted by Gasteiger charge is 2.11. The molecule has 0 saturated carbocycles. The molecule has 0 aliphatic heterocycles. The molecule has 0 fully saturated rings. The molecule has 10 nitrogen and oxygen atoms in total. The standard InChI is InChI=1S/C22H26N6O4S/c1-14(29)24-11-16-8-9-19(32-16)17-13-33-22(26-17)27-21(23)25-10-15-6-4-5-7-18(15)31-12-20(30)28(2)3/h4-9,13H,10-12H2,1-3H3,(H,24,29)(H3,23,25,26,27). The molecule has 33 heavy (non-hydrogen) atoms. The van der Waals surface area contributed by atoms with Gasteiger partial charge < -0.3 is 30.4 Å². The zero-order chi connectivity index (χ0) is 23.8. The largest absolute Gasteiger partial charge is 0.483 e. The van der Waals surface area contributed by atoms with Gasteiger partial charge in [0.2, 0.25) is 11.0 Å². The Morgan fingerprint density at radius 2 is 1.97 bits per heavy atom. The van der Waals surface area contributed by atoms with E-state index in [9.17, 15) is 9.59 Å². The zero-order valence-electron chi connectivity index (χ0n) is 18.6. The van der Waals surface area contributed by atoms with Gasteiger partial charge in [-0.15, -0.1) is 11.3 Å². The number of nitrogens with zero attached hydrogens (tertiary/aromatic N) is 3. The number of carbonyl (C=O) groups is 2. The van der Waals surface area contributed by atoms with E-state index in [1.54, 1.807) is 32.3 Å². The number of amides is 2. The summed E-state index contributed by atoms with van der Waals surface area (Å²) >= 11 is 1.32. The highest BCUT2D eigenvalue weighted by Crippen LogP contribution is 2.28. The molecule has 1 aromatic carbocycles. The molecule has 3 aromatic rings. The lowest BCUT2D eigenvalue weighted by Gasteiger charge is -2.14. The maximum atomic E-state index is 11.8. The van der Waals surface area contributed by atoms with Gasteiger partial charge >= 0.3 is 0 Å². The first-order chi connectivity index (χ1) is 15.8. The Morgan fingerprint density at radius 3 is 2.73 bits per heavy atom. The van der Waals surface area contributed by atoms with Crippen LogP contribution in [0.25, 0.3) is 11.5 Å². The number of furan rings is 1. The first-order valence-electron chi connectivity index (χ1n) is 10.1. The first kappa shape index (κ1) is 23.8. The molecule has 0 spiro atoms. The third-order valence-corrected chi connectivity index (χ3v) is 5.15. The first-order valence-corrected chi connectivity index (χ1v) is 11.0. The number of nitrogens with two attached hydrogens (primary N) is 1. The molecule has 11 heteroatoms. The van der Waals surface area contributed by atoms with Crippen LogP contribution in [-0.2, 0) is 22.7 Å². The van der Waals surface area contributed by atoms with Crippen LogP contribution in [-0.4, -0.2) is 48.4 Å². The van der Waals surface area contributed by atoms with E-state index >= 15 is 0 Å². The Morgan fingerprint density at radius 1 is 1.18 bits per heavy atom. The number of guanidine groups is 1. The third-order valence-electron chi connectivity index (χ3n) is 4.42. The average Bonchev–Trinajstić information content (AvgIpc) is 3.44. The number of hydrogen-bond acceptors (Lipinski definition) is 7. The van der Waals surface area contributed by atoms with Gasteiger partial charge in [-0.2, -0.15) is 4.99 Å². The van der Waals surface area contributed by atoms with Crippen LogP contribution < -0.4 is 21.1 Å². The second-order valence-electron chi connectivity index (χ2n) is 7.23. The lowest BCUT2D eigenvalue weighted by Crippen LogP contribution is -2.31. The van der Waals surface area contributed by atoms with E-state index in [1.165, 1.54) is 23.2 Å². The van der Waals surface area contributed by atoms with Gasteiger partial charge in [0.15, 0.2) is 18.3 Å². The van der Waals surface area contributed by atoms with Crippen molar-refractivity contribution in [3.63, 3.8) is 0 Å². The molecule has 2 amide bonds. The summed E-state index contributed by atoms with van der Waals surface area (Å²) in [4.78, 5) is 33.0. The Hall–Kier alpha value is -3.86. The topological polar surface area (TPSA) is 135 Å². The van der Waals surface area contributed by atoms with Crippen molar-refractivity contribution in [1.29, 1.82) is 0 Å². The van der Waals surface area contributed by atoms with E-state index < -0.39 is 0 Å². The quantitative estimate of drug-likeness (QED) is 0.322. The fourth-order valence-corrected chi connectivity index (χ4v) is 3.33. The van der Waals surface area contributed by atoms with Crippen LogP contribution in [0, 0.1) is 0 Å². The number of likely N-dealkylation sites (N-methyl/N-ethyl adjacent to an activating group) is 1. The van der Waals surface area contributed by atoms with Crippen molar-refractivity contribution in [3.05, 3.63) is 53.1 Å². The molecule has 0 aliphatic carbocycles. The van der Waals surface area contributed by atoms with Gasteiger partial charge in [0.05, 0.1) is 6.54 Å². The summed E-state index contributed by atoms with van der Waals surface area (Å²) in [5.74, 6) is 1.75. The van der Waals surface area contributed by atoms with Crippen LogP contribution in [0.1, 0.15) is 18.2 Å². The molecule has 0 unspecified atom stereocenters. The second kappa shape index (κ2) is 11.1. The molecule has 174 valence electrons. The van der Waals surface area contributed by atoms with Crippen LogP contribution in [0.3, 0.4) is 0 Å². The SMILES string of the molecule is CC(=O)NCc1ccc(-c2csc(/N=C(\N)NCc3ccccc3OCC(=O)N(C)C)n2)o1. The fraction of sp³-hybridized carbons (Fsp3) is 0.273. The summed E-state index contributed by atoms with van der Waals surface area (Å²) in [6, 6.07) is 11.0. The van der Waals surface area contributed by atoms with Crippen molar-refractivity contribution in [2.24, 2.45) is 10.7 Å². The van der Waals surface area contributed by atoms with Crippen LogP contribution >= 0.6 is 11.3 Å². The summed E-state index contributed by atoms with van der Waals surface area (Å²) in [5, 5.41) is 8.00. The number of aliphatic imine (C=N–C) groups is 1. The molecule has 0 bridgehead atoms. The molecular weight excluding hydrogens is 444 g/mol. The maximum Gasteiger partial charge on any atom is 0.259 e. The number of nitrogens with one attached hydrogen (secondary N) is 2. The van der Waals surface area contributed by atoms with Crippen molar-refractivity contribution in [2.75, 3.05) is 20.7 Å². The second-order valence-corrected chi connectivity index (χ2v) is 8.06. The van der Waals surface area contributed by atoms with Gasteiger partial charge in [-0.25, -0.2) is 4.98 Å². The lowest BCUT2D eigenvalue weighted by atomic mass is 10.2. The van der Waals surface area contributed by atoms with Crippen LogP contribution in [0.4, 0.5) is 5.13 Å². The number of carbonyl (C=O) groups excluding carboxylic acids is 2. The van der Waals surface area contributed by atoms with Crippen molar-refractivity contribution in [3.8, 4) is 17.2 Å². The minimum atomic E-state index is -0.128. The summed E-state index contributed by atoms with van der Waals surface area (Å²) < 4.78 is 11.3. The summed E-state index contributed by atoms with van der Waals surface area (Å²) in [6.07, 6.45) is 0. The summed E-state index contributed by atoms with van der Waals surface area (Å²) in [6.45, 7) is 2.08. The minimum Gasteiger partial charge on any atom is -0.483 e. The number of rotatable bonds is 9. The van der Waals surface area contributed by atoms with E-state index in [0.29, 0.717) is 41.2 Å². The van der Waals surface area contributed by atoms with E-state index in [4.69, 9.17) is 14.9 Å².